The lowest BCUT2D eigenvalue weighted by molar-refractivity contribution is 0.669. The molecule has 0 N–H and O–H groups in total. The molecule has 1 spiro atoms. The Kier molecular flexibility index (Phi) is 7.64. The van der Waals surface area contributed by atoms with Crippen LogP contribution in [0.15, 0.2) is 241 Å². The van der Waals surface area contributed by atoms with Gasteiger partial charge in [0.05, 0.1) is 11.1 Å². The van der Waals surface area contributed by atoms with Gasteiger partial charge in [-0.15, -0.1) is 0 Å². The molecule has 0 bridgehead atoms. The fourth-order valence-corrected chi connectivity index (χ4v) is 11.5. The molecule has 0 saturated carbocycles. The van der Waals surface area contributed by atoms with Gasteiger partial charge in [0.2, 0.25) is 0 Å². The van der Waals surface area contributed by atoms with E-state index in [1.165, 1.54) is 77.2 Å². The molecule has 11 aromatic carbocycles. The largest absolute Gasteiger partial charge is 0.456 e. The van der Waals surface area contributed by atoms with Crippen molar-refractivity contribution in [2.45, 2.75) is 5.41 Å². The van der Waals surface area contributed by atoms with E-state index in [0.29, 0.717) is 0 Å². The Balaban J connectivity index is 0.982. The quantitative estimate of drug-likeness (QED) is 0.172. The summed E-state index contributed by atoms with van der Waals surface area (Å²) in [6.45, 7) is 0. The third kappa shape index (κ3) is 5.11. The van der Waals surface area contributed by atoms with E-state index in [4.69, 9.17) is 4.42 Å². The van der Waals surface area contributed by atoms with Gasteiger partial charge < -0.3 is 9.32 Å². The van der Waals surface area contributed by atoms with Gasteiger partial charge >= 0.3 is 0 Å². The molecule has 302 valence electrons. The first-order valence-corrected chi connectivity index (χ1v) is 22.5. The topological polar surface area (TPSA) is 16.4 Å². The van der Waals surface area contributed by atoms with Crippen molar-refractivity contribution in [3.8, 4) is 44.5 Å². The second-order valence-electron chi connectivity index (χ2n) is 17.5. The fourth-order valence-electron chi connectivity index (χ4n) is 11.5. The normalized spacial score (nSPS) is 14.5. The third-order valence-electron chi connectivity index (χ3n) is 14.3. The zero-order chi connectivity index (χ0) is 42.6. The van der Waals surface area contributed by atoms with Crippen molar-refractivity contribution in [1.29, 1.82) is 0 Å². The molecule has 14 rings (SSSR count). The maximum absolute atomic E-state index is 6.20. The summed E-state index contributed by atoms with van der Waals surface area (Å²) in [5.74, 6) is 0. The lowest BCUT2D eigenvalue weighted by Crippen LogP contribution is -2.26. The van der Waals surface area contributed by atoms with E-state index in [2.05, 4.69) is 229 Å². The van der Waals surface area contributed by atoms with E-state index in [0.717, 1.165) is 50.1 Å². The summed E-state index contributed by atoms with van der Waals surface area (Å²) in [5.41, 5.74) is 19.9. The smallest absolute Gasteiger partial charge is 0.135 e. The molecule has 12 aromatic rings. The molecule has 0 saturated heterocycles. The second-order valence-corrected chi connectivity index (χ2v) is 17.5. The maximum atomic E-state index is 6.20. The second kappa shape index (κ2) is 13.8. The van der Waals surface area contributed by atoms with Crippen molar-refractivity contribution in [3.05, 3.63) is 259 Å². The van der Waals surface area contributed by atoms with Crippen molar-refractivity contribution in [2.75, 3.05) is 4.90 Å². The monoisotopic (exact) mass is 825 g/mol. The Morgan fingerprint density at radius 3 is 1.60 bits per heavy atom. The summed E-state index contributed by atoms with van der Waals surface area (Å²) in [7, 11) is 0. The molecule has 2 aliphatic carbocycles. The predicted octanol–water partition coefficient (Wildman–Crippen LogP) is 17.0. The van der Waals surface area contributed by atoms with Crippen LogP contribution in [0.2, 0.25) is 0 Å². The van der Waals surface area contributed by atoms with Crippen LogP contribution in [0.3, 0.4) is 0 Å². The molecule has 0 amide bonds. The van der Waals surface area contributed by atoms with Crippen molar-refractivity contribution < 1.29 is 4.42 Å². The molecule has 0 aliphatic heterocycles. The molecule has 2 heteroatoms. The van der Waals surface area contributed by atoms with Crippen LogP contribution < -0.4 is 4.90 Å². The Bertz CT molecular complexity index is 3890. The van der Waals surface area contributed by atoms with Crippen molar-refractivity contribution in [2.24, 2.45) is 0 Å². The van der Waals surface area contributed by atoms with E-state index in [1.807, 2.05) is 12.1 Å². The van der Waals surface area contributed by atoms with Crippen molar-refractivity contribution >= 4 is 60.5 Å². The number of rotatable bonds is 5. The highest BCUT2D eigenvalue weighted by atomic mass is 16.3. The molecule has 1 aromatic heterocycles. The molecule has 2 aliphatic rings. The number of hydrogen-bond acceptors (Lipinski definition) is 2. The highest BCUT2D eigenvalue weighted by Crippen LogP contribution is 2.65. The van der Waals surface area contributed by atoms with Crippen LogP contribution in [-0.4, -0.2) is 0 Å². The molecular formula is C63H39NO. The number of furan rings is 1. The van der Waals surface area contributed by atoms with E-state index in [9.17, 15) is 0 Å². The minimum Gasteiger partial charge on any atom is -0.456 e. The molecule has 1 unspecified atom stereocenters. The van der Waals surface area contributed by atoms with Crippen LogP contribution >= 0.6 is 0 Å². The minimum atomic E-state index is -0.485. The van der Waals surface area contributed by atoms with Gasteiger partial charge in [0.1, 0.15) is 11.2 Å². The highest BCUT2D eigenvalue weighted by molar-refractivity contribution is 6.09. The van der Waals surface area contributed by atoms with E-state index < -0.39 is 5.41 Å². The number of para-hydroxylation sites is 1. The van der Waals surface area contributed by atoms with Gasteiger partial charge in [0, 0.05) is 27.7 Å². The van der Waals surface area contributed by atoms with Crippen LogP contribution in [-0.2, 0) is 5.41 Å². The zero-order valence-electron chi connectivity index (χ0n) is 35.4. The Morgan fingerprint density at radius 1 is 0.308 bits per heavy atom. The maximum Gasteiger partial charge on any atom is 0.135 e. The van der Waals surface area contributed by atoms with E-state index in [-0.39, 0.29) is 0 Å². The number of fused-ring (bicyclic) bond motifs is 16. The fraction of sp³-hybridized carbons (Fsp3) is 0.0159. The Labute approximate surface area is 376 Å². The van der Waals surface area contributed by atoms with Gasteiger partial charge in [-0.3, -0.25) is 0 Å². The van der Waals surface area contributed by atoms with Gasteiger partial charge in [-0.2, -0.15) is 0 Å². The molecule has 2 nitrogen and oxygen atoms in total. The summed E-state index contributed by atoms with van der Waals surface area (Å²) in [4.78, 5) is 2.47. The van der Waals surface area contributed by atoms with Crippen LogP contribution in [0.1, 0.15) is 22.3 Å². The summed E-state index contributed by atoms with van der Waals surface area (Å²) in [6, 6.07) is 87.2. The van der Waals surface area contributed by atoms with Gasteiger partial charge in [-0.1, -0.05) is 188 Å². The molecule has 1 heterocycles. The SMILES string of the molecule is c1ccc2c(c1)-c1c(N(c3ccc(-c4ccc5oc6ccccc6c5c4)cc3)c3ccc(-c4cccc5ccccc45)cc3)cccc1C21c2ccccc2-c2c1ccc1ccccc21. The molecule has 0 fully saturated rings. The first kappa shape index (κ1) is 36.1. The minimum absolute atomic E-state index is 0.485. The number of hydrogen-bond donors (Lipinski definition) is 0. The van der Waals surface area contributed by atoms with Gasteiger partial charge in [-0.05, 0) is 131 Å². The van der Waals surface area contributed by atoms with E-state index in [1.54, 1.807) is 0 Å². The summed E-state index contributed by atoms with van der Waals surface area (Å²) >= 11 is 0. The van der Waals surface area contributed by atoms with Crippen LogP contribution in [0.25, 0.3) is 88.0 Å². The Morgan fingerprint density at radius 2 is 0.831 bits per heavy atom. The molecular weight excluding hydrogens is 787 g/mol. The summed E-state index contributed by atoms with van der Waals surface area (Å²) < 4.78 is 6.20. The highest BCUT2D eigenvalue weighted by Gasteiger charge is 2.52. The van der Waals surface area contributed by atoms with Gasteiger partial charge in [0.25, 0.3) is 0 Å². The first-order chi connectivity index (χ1) is 32.2. The lowest BCUT2D eigenvalue weighted by Gasteiger charge is -2.32. The number of benzene rings is 11. The summed E-state index contributed by atoms with van der Waals surface area (Å²) in [6.07, 6.45) is 0. The van der Waals surface area contributed by atoms with Gasteiger partial charge in [0.15, 0.2) is 0 Å². The first-order valence-electron chi connectivity index (χ1n) is 22.5. The van der Waals surface area contributed by atoms with Crippen LogP contribution in [0.5, 0.6) is 0 Å². The summed E-state index contributed by atoms with van der Waals surface area (Å²) in [5, 5.41) is 7.32. The third-order valence-corrected chi connectivity index (χ3v) is 14.3. The molecule has 65 heavy (non-hydrogen) atoms. The number of nitrogens with zero attached hydrogens (tertiary/aromatic N) is 1. The molecule has 0 radical (unpaired) electrons. The Hall–Kier alpha value is -8.46. The predicted molar refractivity (Wildman–Crippen MR) is 271 cm³/mol. The number of anilines is 3. The average Bonchev–Trinajstić information content (AvgIpc) is 4.01. The molecule has 1 atom stereocenters. The average molecular weight is 826 g/mol. The van der Waals surface area contributed by atoms with Crippen LogP contribution in [0.4, 0.5) is 17.1 Å². The van der Waals surface area contributed by atoms with Crippen molar-refractivity contribution in [1.82, 2.24) is 0 Å². The standard InChI is InChI=1S/C63H39NO/c1-3-16-47-41(13-1)15-11-21-48(47)43-29-35-46(36-30-43)64(45-33-27-40(28-34-45)44-32-38-60-53(39-44)50-18-7-10-26-59(50)65-60)58-25-12-24-56-62(58)52-20-6-9-23-55(52)63(56)54-22-8-5-19-51(54)61-49-17-4-2-14-42(49)31-37-57(61)63/h1-39H. The van der Waals surface area contributed by atoms with Crippen LogP contribution in [0, 0.1) is 0 Å². The van der Waals surface area contributed by atoms with E-state index >= 15 is 0 Å². The van der Waals surface area contributed by atoms with Gasteiger partial charge in [-0.25, -0.2) is 0 Å². The zero-order valence-corrected chi connectivity index (χ0v) is 35.4. The lowest BCUT2D eigenvalue weighted by atomic mass is 9.70. The van der Waals surface area contributed by atoms with Crippen molar-refractivity contribution in [3.63, 3.8) is 0 Å².